The Morgan fingerprint density at radius 3 is 2.62 bits per heavy atom. The number of nitrogens with zero attached hydrogens (tertiary/aromatic N) is 1. The summed E-state index contributed by atoms with van der Waals surface area (Å²) in [4.78, 5) is 27.7. The number of rotatable bonds is 7. The quantitative estimate of drug-likeness (QED) is 0.784. The van der Waals surface area contributed by atoms with Gasteiger partial charge < -0.3 is 15.2 Å². The molecule has 2 N–H and O–H groups in total. The molecule has 0 radical (unpaired) electrons. The average molecular weight is 369 g/mol. The molecule has 1 aromatic heterocycles. The number of carboxylic acids is 1. The Kier molecular flexibility index (Phi) is 5.93. The zero-order valence-electron chi connectivity index (χ0n) is 13.2. The van der Waals surface area contributed by atoms with E-state index in [9.17, 15) is 9.59 Å². The molecule has 1 heterocycles. The van der Waals surface area contributed by atoms with E-state index in [-0.39, 0.29) is 18.7 Å². The zero-order chi connectivity index (χ0) is 17.7. The van der Waals surface area contributed by atoms with Crippen LogP contribution in [0.2, 0.25) is 5.02 Å². The van der Waals surface area contributed by atoms with Crippen molar-refractivity contribution in [3.8, 4) is 10.6 Å². The number of thiazole rings is 1. The van der Waals surface area contributed by atoms with Crippen LogP contribution in [0.5, 0.6) is 0 Å². The zero-order valence-corrected chi connectivity index (χ0v) is 14.8. The van der Waals surface area contributed by atoms with Crippen molar-refractivity contribution in [1.82, 2.24) is 10.3 Å². The first kappa shape index (κ1) is 18.4. The summed E-state index contributed by atoms with van der Waals surface area (Å²) >= 11 is 7.19. The Bertz CT molecular complexity index is 732. The lowest BCUT2D eigenvalue weighted by Crippen LogP contribution is -2.50. The molecule has 0 aliphatic rings. The molecule has 0 aliphatic heterocycles. The smallest absolute Gasteiger partial charge is 0.305 e. The van der Waals surface area contributed by atoms with Crippen LogP contribution in [-0.4, -0.2) is 41.2 Å². The topological polar surface area (TPSA) is 88.5 Å². The number of amides is 1. The molecular formula is C16H17ClN2O4S. The van der Waals surface area contributed by atoms with Gasteiger partial charge in [0.1, 0.15) is 10.7 Å². The van der Waals surface area contributed by atoms with Gasteiger partial charge in [0.05, 0.1) is 18.6 Å². The Balaban J connectivity index is 2.15. The van der Waals surface area contributed by atoms with Crippen molar-refractivity contribution in [2.24, 2.45) is 0 Å². The molecule has 8 heteroatoms. The number of hydrogen-bond donors (Lipinski definition) is 2. The van der Waals surface area contributed by atoms with Crippen molar-refractivity contribution in [3.05, 3.63) is 40.4 Å². The summed E-state index contributed by atoms with van der Waals surface area (Å²) in [5.41, 5.74) is 0.0770. The predicted octanol–water partition coefficient (Wildman–Crippen LogP) is 3.07. The van der Waals surface area contributed by atoms with E-state index in [1.807, 2.05) is 12.1 Å². The van der Waals surface area contributed by atoms with Crippen LogP contribution >= 0.6 is 22.9 Å². The molecule has 2 rings (SSSR count). The van der Waals surface area contributed by atoms with E-state index in [2.05, 4.69) is 10.3 Å². The summed E-state index contributed by atoms with van der Waals surface area (Å²) in [5, 5.41) is 14.6. The molecule has 0 spiro atoms. The van der Waals surface area contributed by atoms with Gasteiger partial charge in [-0.05, 0) is 19.1 Å². The van der Waals surface area contributed by atoms with E-state index in [4.69, 9.17) is 21.4 Å². The third-order valence-electron chi connectivity index (χ3n) is 3.25. The minimum absolute atomic E-state index is 0.0826. The summed E-state index contributed by atoms with van der Waals surface area (Å²) in [6.07, 6.45) is -0.249. The number of carbonyl (C=O) groups is 2. The van der Waals surface area contributed by atoms with Crippen LogP contribution in [0.15, 0.2) is 29.6 Å². The highest BCUT2D eigenvalue weighted by molar-refractivity contribution is 7.13. The van der Waals surface area contributed by atoms with Gasteiger partial charge in [0.2, 0.25) is 0 Å². The standard InChI is InChI=1S/C16H17ClN2O4S/c1-16(9-23-2,7-13(20)21)19-14(22)12-8-24-15(18-12)10-3-5-11(17)6-4-10/h3-6,8H,7,9H2,1-2H3,(H,19,22)(H,20,21). The summed E-state index contributed by atoms with van der Waals surface area (Å²) in [6, 6.07) is 7.14. The van der Waals surface area contributed by atoms with Gasteiger partial charge in [0.15, 0.2) is 0 Å². The van der Waals surface area contributed by atoms with Gasteiger partial charge in [-0.1, -0.05) is 23.7 Å². The summed E-state index contributed by atoms with van der Waals surface area (Å²) in [5.74, 6) is -1.46. The van der Waals surface area contributed by atoms with Crippen LogP contribution in [0.1, 0.15) is 23.8 Å². The van der Waals surface area contributed by atoms with Gasteiger partial charge in [-0.2, -0.15) is 0 Å². The van der Waals surface area contributed by atoms with Crippen molar-refractivity contribution in [2.75, 3.05) is 13.7 Å². The minimum atomic E-state index is -1.02. The monoisotopic (exact) mass is 368 g/mol. The van der Waals surface area contributed by atoms with Crippen molar-refractivity contribution in [1.29, 1.82) is 0 Å². The average Bonchev–Trinajstić information content (AvgIpc) is 2.97. The largest absolute Gasteiger partial charge is 0.481 e. The molecule has 0 saturated heterocycles. The number of hydrogen-bond acceptors (Lipinski definition) is 5. The van der Waals surface area contributed by atoms with E-state index < -0.39 is 17.4 Å². The second-order valence-corrected chi connectivity index (χ2v) is 6.86. The number of carbonyl (C=O) groups excluding carboxylic acids is 1. The van der Waals surface area contributed by atoms with Crippen molar-refractivity contribution < 1.29 is 19.4 Å². The Labute approximate surface area is 148 Å². The highest BCUT2D eigenvalue weighted by atomic mass is 35.5. The van der Waals surface area contributed by atoms with Crippen molar-refractivity contribution in [3.63, 3.8) is 0 Å². The van der Waals surface area contributed by atoms with Crippen LogP contribution < -0.4 is 5.32 Å². The van der Waals surface area contributed by atoms with Gasteiger partial charge >= 0.3 is 5.97 Å². The van der Waals surface area contributed by atoms with Crippen LogP contribution in [0.4, 0.5) is 0 Å². The molecule has 1 amide bonds. The Morgan fingerprint density at radius 2 is 2.04 bits per heavy atom. The van der Waals surface area contributed by atoms with Crippen LogP contribution in [0, 0.1) is 0 Å². The number of benzene rings is 1. The van der Waals surface area contributed by atoms with Gasteiger partial charge in [-0.3, -0.25) is 9.59 Å². The van der Waals surface area contributed by atoms with Gasteiger partial charge in [-0.25, -0.2) is 4.98 Å². The van der Waals surface area contributed by atoms with Crippen molar-refractivity contribution in [2.45, 2.75) is 18.9 Å². The second kappa shape index (κ2) is 7.74. The fourth-order valence-electron chi connectivity index (χ4n) is 2.22. The SMILES string of the molecule is COCC(C)(CC(=O)O)NC(=O)c1csc(-c2ccc(Cl)cc2)n1. The number of ether oxygens (including phenoxy) is 1. The number of nitrogens with one attached hydrogen (secondary N) is 1. The predicted molar refractivity (Wildman–Crippen MR) is 92.6 cm³/mol. The molecule has 0 bridgehead atoms. The maximum atomic E-state index is 12.4. The number of aromatic nitrogens is 1. The van der Waals surface area contributed by atoms with Gasteiger partial charge in [-0.15, -0.1) is 11.3 Å². The van der Waals surface area contributed by atoms with Crippen LogP contribution in [-0.2, 0) is 9.53 Å². The number of methoxy groups -OCH3 is 1. The first-order chi connectivity index (χ1) is 11.3. The maximum absolute atomic E-state index is 12.4. The summed E-state index contributed by atoms with van der Waals surface area (Å²) in [6.45, 7) is 1.70. The first-order valence-electron chi connectivity index (χ1n) is 7.08. The first-order valence-corrected chi connectivity index (χ1v) is 8.33. The highest BCUT2D eigenvalue weighted by Crippen LogP contribution is 2.25. The molecule has 1 atom stereocenters. The van der Waals surface area contributed by atoms with Crippen molar-refractivity contribution >= 4 is 34.8 Å². The minimum Gasteiger partial charge on any atom is -0.481 e. The third kappa shape index (κ3) is 4.77. The molecule has 2 aromatic rings. The molecule has 128 valence electrons. The van der Waals surface area contributed by atoms with Gasteiger partial charge in [0.25, 0.3) is 5.91 Å². The molecular weight excluding hydrogens is 352 g/mol. The van der Waals surface area contributed by atoms with Gasteiger partial charge in [0, 0.05) is 23.1 Å². The fraction of sp³-hybridized carbons (Fsp3) is 0.312. The lowest BCUT2D eigenvalue weighted by Gasteiger charge is -2.28. The van der Waals surface area contributed by atoms with E-state index >= 15 is 0 Å². The van der Waals surface area contributed by atoms with E-state index in [1.54, 1.807) is 24.4 Å². The molecule has 6 nitrogen and oxygen atoms in total. The third-order valence-corrected chi connectivity index (χ3v) is 4.39. The van der Waals surface area contributed by atoms with Crippen LogP contribution in [0.3, 0.4) is 0 Å². The lowest BCUT2D eigenvalue weighted by molar-refractivity contribution is -0.139. The molecule has 1 aromatic carbocycles. The highest BCUT2D eigenvalue weighted by Gasteiger charge is 2.30. The molecule has 0 fully saturated rings. The van der Waals surface area contributed by atoms with E-state index in [1.165, 1.54) is 18.4 Å². The van der Waals surface area contributed by atoms with Crippen LogP contribution in [0.25, 0.3) is 10.6 Å². The maximum Gasteiger partial charge on any atom is 0.305 e. The summed E-state index contributed by atoms with van der Waals surface area (Å²) in [7, 11) is 1.45. The summed E-state index contributed by atoms with van der Waals surface area (Å²) < 4.78 is 5.02. The molecule has 0 aliphatic carbocycles. The second-order valence-electron chi connectivity index (χ2n) is 5.56. The fourth-order valence-corrected chi connectivity index (χ4v) is 3.16. The Morgan fingerprint density at radius 1 is 1.38 bits per heavy atom. The lowest BCUT2D eigenvalue weighted by atomic mass is 9.99. The van der Waals surface area contributed by atoms with E-state index in [0.717, 1.165) is 5.56 Å². The molecule has 24 heavy (non-hydrogen) atoms. The number of carboxylic acid groups (broad SMARTS) is 1. The molecule has 1 unspecified atom stereocenters. The number of halogens is 1. The Hall–Kier alpha value is -1.96. The van der Waals surface area contributed by atoms with E-state index in [0.29, 0.717) is 10.0 Å². The number of aliphatic carboxylic acids is 1. The normalized spacial score (nSPS) is 13.3. The molecule has 0 saturated carbocycles.